The zero-order chi connectivity index (χ0) is 21.2. The first-order valence-electron chi connectivity index (χ1n) is 9.31. The number of anilines is 1. The van der Waals surface area contributed by atoms with Crippen LogP contribution in [0.4, 0.5) is 5.82 Å². The van der Waals surface area contributed by atoms with Gasteiger partial charge in [0.05, 0.1) is 29.6 Å². The Morgan fingerprint density at radius 1 is 1.28 bits per heavy atom. The first-order chi connectivity index (χ1) is 14.0. The molecule has 2 aromatic rings. The number of nitriles is 1. The van der Waals surface area contributed by atoms with Crippen LogP contribution in [0.5, 0.6) is 11.5 Å². The van der Waals surface area contributed by atoms with E-state index < -0.39 is 0 Å². The molecule has 0 amide bonds. The van der Waals surface area contributed by atoms with Gasteiger partial charge in [-0.1, -0.05) is 6.92 Å². The summed E-state index contributed by atoms with van der Waals surface area (Å²) in [4.78, 5) is 4.38. The maximum Gasteiger partial charge on any atom is 0.174 e. The molecule has 8 heteroatoms. The quantitative estimate of drug-likeness (QED) is 0.286. The predicted octanol–water partition coefficient (Wildman–Crippen LogP) is 4.65. The third-order valence-electron chi connectivity index (χ3n) is 3.81. The summed E-state index contributed by atoms with van der Waals surface area (Å²) in [6, 6.07) is 7.85. The number of ether oxygens (including phenoxy) is 3. The van der Waals surface area contributed by atoms with Crippen LogP contribution in [0.2, 0.25) is 0 Å². The van der Waals surface area contributed by atoms with Crippen LogP contribution in [0.25, 0.3) is 0 Å². The highest BCUT2D eigenvalue weighted by Gasteiger charge is 2.13. The Kier molecular flexibility index (Phi) is 9.15. The molecular weight excluding hydrogens is 483 g/mol. The molecule has 0 fully saturated rings. The van der Waals surface area contributed by atoms with E-state index in [1.807, 2.05) is 32.0 Å². The minimum absolute atomic E-state index is 0.333. The molecule has 2 rings (SSSR count). The lowest BCUT2D eigenvalue weighted by Crippen LogP contribution is -2.04. The number of hydrogen-bond donors (Lipinski definition) is 1. The molecule has 1 aromatic carbocycles. The van der Waals surface area contributed by atoms with Crippen LogP contribution in [0.15, 0.2) is 23.3 Å². The SMILES string of the molecule is CCCOc1c(I)cc(/C=N/Nc2nc(C)cc(COC)c2C#N)cc1OCC. The molecule has 0 bridgehead atoms. The Balaban J connectivity index is 2.28. The van der Waals surface area contributed by atoms with Crippen molar-refractivity contribution in [1.29, 1.82) is 5.26 Å². The average Bonchev–Trinajstić information content (AvgIpc) is 2.68. The number of rotatable bonds is 10. The van der Waals surface area contributed by atoms with Gasteiger partial charge in [0, 0.05) is 18.4 Å². The molecule has 0 radical (unpaired) electrons. The Hall–Kier alpha value is -2.38. The van der Waals surface area contributed by atoms with Crippen LogP contribution < -0.4 is 14.9 Å². The van der Waals surface area contributed by atoms with Gasteiger partial charge in [0.2, 0.25) is 0 Å². The van der Waals surface area contributed by atoms with Gasteiger partial charge in [-0.25, -0.2) is 4.98 Å². The fourth-order valence-electron chi connectivity index (χ4n) is 2.65. The van der Waals surface area contributed by atoms with Crippen molar-refractivity contribution in [3.05, 3.63) is 44.2 Å². The largest absolute Gasteiger partial charge is 0.490 e. The maximum atomic E-state index is 9.50. The fourth-order valence-corrected chi connectivity index (χ4v) is 3.43. The lowest BCUT2D eigenvalue weighted by molar-refractivity contribution is 0.184. The zero-order valence-corrected chi connectivity index (χ0v) is 19.2. The highest BCUT2D eigenvalue weighted by Crippen LogP contribution is 2.34. The second-order valence-corrected chi connectivity index (χ2v) is 7.33. The van der Waals surface area contributed by atoms with Crippen LogP contribution in [0.3, 0.4) is 0 Å². The van der Waals surface area contributed by atoms with E-state index in [1.165, 1.54) is 0 Å². The second kappa shape index (κ2) is 11.6. The highest BCUT2D eigenvalue weighted by atomic mass is 127. The number of pyridine rings is 1. The number of nitrogens with one attached hydrogen (secondary N) is 1. The van der Waals surface area contributed by atoms with E-state index in [1.54, 1.807) is 13.3 Å². The van der Waals surface area contributed by atoms with Gasteiger partial charge >= 0.3 is 0 Å². The van der Waals surface area contributed by atoms with Crippen molar-refractivity contribution in [2.24, 2.45) is 5.10 Å². The van der Waals surface area contributed by atoms with Gasteiger partial charge in [-0.3, -0.25) is 5.43 Å². The molecule has 1 aromatic heterocycles. The Bertz CT molecular complexity index is 910. The van der Waals surface area contributed by atoms with Crippen LogP contribution in [0, 0.1) is 21.8 Å². The standard InChI is InChI=1S/C21H25IN4O3/c1-5-7-29-20-18(22)9-15(10-19(20)28-6-2)12-24-26-21-17(11-23)16(13-27-4)8-14(3)25-21/h8-10,12H,5-7,13H2,1-4H3,(H,25,26)/b24-12+. The number of hydrogen-bond acceptors (Lipinski definition) is 7. The van der Waals surface area contributed by atoms with E-state index in [-0.39, 0.29) is 0 Å². The van der Waals surface area contributed by atoms with E-state index in [0.29, 0.717) is 37.0 Å². The van der Waals surface area contributed by atoms with Gasteiger partial charge in [-0.2, -0.15) is 10.4 Å². The molecule has 1 heterocycles. The first-order valence-corrected chi connectivity index (χ1v) is 10.4. The summed E-state index contributed by atoms with van der Waals surface area (Å²) in [7, 11) is 1.59. The smallest absolute Gasteiger partial charge is 0.174 e. The van der Waals surface area contributed by atoms with Crippen molar-refractivity contribution >= 4 is 34.6 Å². The van der Waals surface area contributed by atoms with Crippen LogP contribution in [0.1, 0.15) is 42.7 Å². The molecule has 0 saturated heterocycles. The number of halogens is 1. The first kappa shape index (κ1) is 22.9. The number of nitrogens with zero attached hydrogens (tertiary/aromatic N) is 3. The summed E-state index contributed by atoms with van der Waals surface area (Å²) in [6.07, 6.45) is 2.58. The normalized spacial score (nSPS) is 10.8. The molecule has 7 nitrogen and oxygen atoms in total. The van der Waals surface area contributed by atoms with Crippen molar-refractivity contribution in [3.8, 4) is 17.6 Å². The molecule has 0 aliphatic rings. The predicted molar refractivity (Wildman–Crippen MR) is 122 cm³/mol. The lowest BCUT2D eigenvalue weighted by Gasteiger charge is -2.14. The number of benzene rings is 1. The molecule has 0 saturated carbocycles. The zero-order valence-electron chi connectivity index (χ0n) is 17.1. The van der Waals surface area contributed by atoms with Gasteiger partial charge in [0.1, 0.15) is 11.6 Å². The maximum absolute atomic E-state index is 9.50. The van der Waals surface area contributed by atoms with Crippen LogP contribution in [-0.2, 0) is 11.3 Å². The van der Waals surface area contributed by atoms with Crippen molar-refractivity contribution in [1.82, 2.24) is 4.98 Å². The van der Waals surface area contributed by atoms with E-state index in [0.717, 1.165) is 32.6 Å². The van der Waals surface area contributed by atoms with Gasteiger partial charge in [0.25, 0.3) is 0 Å². The van der Waals surface area contributed by atoms with Gasteiger partial charge in [0.15, 0.2) is 17.3 Å². The number of aryl methyl sites for hydroxylation is 1. The minimum atomic E-state index is 0.333. The molecule has 1 N–H and O–H groups in total. The molecule has 0 spiro atoms. The molecule has 154 valence electrons. The number of hydrazone groups is 1. The third kappa shape index (κ3) is 6.30. The van der Waals surface area contributed by atoms with E-state index in [2.05, 4.69) is 51.1 Å². The third-order valence-corrected chi connectivity index (χ3v) is 4.61. The van der Waals surface area contributed by atoms with Crippen molar-refractivity contribution in [3.63, 3.8) is 0 Å². The molecule has 0 unspecified atom stereocenters. The lowest BCUT2D eigenvalue weighted by atomic mass is 10.1. The highest BCUT2D eigenvalue weighted by molar-refractivity contribution is 14.1. The van der Waals surface area contributed by atoms with E-state index >= 15 is 0 Å². The summed E-state index contributed by atoms with van der Waals surface area (Å²) in [5.41, 5.74) is 5.69. The monoisotopic (exact) mass is 508 g/mol. The van der Waals surface area contributed by atoms with Crippen LogP contribution >= 0.6 is 22.6 Å². The summed E-state index contributed by atoms with van der Waals surface area (Å²) in [5, 5.41) is 13.8. The van der Waals surface area contributed by atoms with Gasteiger partial charge in [-0.15, -0.1) is 0 Å². The van der Waals surface area contributed by atoms with Crippen molar-refractivity contribution in [2.75, 3.05) is 25.7 Å². The molecule has 0 aliphatic heterocycles. The number of methoxy groups -OCH3 is 1. The Labute approximate surface area is 185 Å². The number of aromatic nitrogens is 1. The Morgan fingerprint density at radius 3 is 2.72 bits per heavy atom. The molecular formula is C21H25IN4O3. The molecule has 0 atom stereocenters. The van der Waals surface area contributed by atoms with Gasteiger partial charge < -0.3 is 14.2 Å². The summed E-state index contributed by atoms with van der Waals surface area (Å²) in [5.74, 6) is 1.83. The van der Waals surface area contributed by atoms with E-state index in [9.17, 15) is 5.26 Å². The van der Waals surface area contributed by atoms with Gasteiger partial charge in [-0.05, 0) is 66.6 Å². The molecule has 0 aliphatic carbocycles. The van der Waals surface area contributed by atoms with Crippen molar-refractivity contribution < 1.29 is 14.2 Å². The molecule has 29 heavy (non-hydrogen) atoms. The summed E-state index contributed by atoms with van der Waals surface area (Å²) >= 11 is 2.23. The summed E-state index contributed by atoms with van der Waals surface area (Å²) < 4.78 is 17.7. The fraction of sp³-hybridized carbons (Fsp3) is 0.381. The van der Waals surface area contributed by atoms with Crippen LogP contribution in [-0.4, -0.2) is 31.5 Å². The average molecular weight is 508 g/mol. The topological polar surface area (TPSA) is 88.8 Å². The van der Waals surface area contributed by atoms with E-state index in [4.69, 9.17) is 14.2 Å². The summed E-state index contributed by atoms with van der Waals surface area (Å²) in [6.45, 7) is 7.36. The Morgan fingerprint density at radius 2 is 2.07 bits per heavy atom. The van der Waals surface area contributed by atoms with Crippen molar-refractivity contribution in [2.45, 2.75) is 33.8 Å². The minimum Gasteiger partial charge on any atom is -0.490 e. The second-order valence-electron chi connectivity index (χ2n) is 6.17.